The second-order valence-corrected chi connectivity index (χ2v) is 6.76. The van der Waals surface area contributed by atoms with Crippen LogP contribution in [0.5, 0.6) is 0 Å². The van der Waals surface area contributed by atoms with Crippen LogP contribution >= 0.6 is 0 Å². The summed E-state index contributed by atoms with van der Waals surface area (Å²) in [6.07, 6.45) is -0.914. The lowest BCUT2D eigenvalue weighted by Crippen LogP contribution is -2.35. The molecule has 1 atom stereocenters. The number of rotatable bonds is 5. The van der Waals surface area contributed by atoms with Crippen molar-refractivity contribution in [3.8, 4) is 11.1 Å². The van der Waals surface area contributed by atoms with E-state index in [2.05, 4.69) is 5.32 Å². The van der Waals surface area contributed by atoms with Gasteiger partial charge in [-0.25, -0.2) is 14.0 Å². The average Bonchev–Trinajstić information content (AvgIpc) is 3.05. The summed E-state index contributed by atoms with van der Waals surface area (Å²) in [6.45, 7) is 0.0451. The summed E-state index contributed by atoms with van der Waals surface area (Å²) in [4.78, 5) is 23.8. The molecule has 5 nitrogen and oxygen atoms in total. The minimum Gasteiger partial charge on any atom is -0.479 e. The van der Waals surface area contributed by atoms with E-state index in [9.17, 15) is 19.1 Å². The molecule has 0 saturated carbocycles. The Morgan fingerprint density at radius 3 is 2.07 bits per heavy atom. The van der Waals surface area contributed by atoms with E-state index in [1.807, 2.05) is 48.5 Å². The number of aliphatic carboxylic acids is 1. The minimum atomic E-state index is -1.54. The number of carboxylic acids is 1. The molecule has 29 heavy (non-hydrogen) atoms. The number of carboxylic acid groups (broad SMARTS) is 1. The van der Waals surface area contributed by atoms with E-state index < -0.39 is 23.9 Å². The third kappa shape index (κ3) is 3.57. The summed E-state index contributed by atoms with van der Waals surface area (Å²) in [6, 6.07) is 19.7. The molecule has 0 saturated heterocycles. The zero-order valence-electron chi connectivity index (χ0n) is 15.3. The monoisotopic (exact) mass is 391 g/mol. The van der Waals surface area contributed by atoms with Gasteiger partial charge in [0.1, 0.15) is 12.4 Å². The van der Waals surface area contributed by atoms with Gasteiger partial charge in [0.05, 0.1) is 0 Å². The van der Waals surface area contributed by atoms with Crippen LogP contribution < -0.4 is 5.32 Å². The molecule has 2 N–H and O–H groups in total. The Morgan fingerprint density at radius 2 is 1.48 bits per heavy atom. The lowest BCUT2D eigenvalue weighted by molar-refractivity contribution is -0.139. The summed E-state index contributed by atoms with van der Waals surface area (Å²) >= 11 is 0. The van der Waals surface area contributed by atoms with Crippen molar-refractivity contribution in [3.63, 3.8) is 0 Å². The summed E-state index contributed by atoms with van der Waals surface area (Å²) in [7, 11) is 0. The number of carbonyl (C=O) groups is 2. The Hall–Kier alpha value is -3.67. The first-order valence-electron chi connectivity index (χ1n) is 9.15. The average molecular weight is 391 g/mol. The van der Waals surface area contributed by atoms with Crippen molar-refractivity contribution in [1.29, 1.82) is 0 Å². The van der Waals surface area contributed by atoms with Gasteiger partial charge in [-0.05, 0) is 28.3 Å². The molecular weight excluding hydrogens is 373 g/mol. The maximum Gasteiger partial charge on any atom is 0.408 e. The third-order valence-corrected chi connectivity index (χ3v) is 5.07. The van der Waals surface area contributed by atoms with Crippen LogP contribution in [0.25, 0.3) is 11.1 Å². The van der Waals surface area contributed by atoms with Crippen molar-refractivity contribution < 1.29 is 23.8 Å². The fourth-order valence-corrected chi connectivity index (χ4v) is 3.74. The molecule has 0 heterocycles. The molecule has 0 fully saturated rings. The summed E-state index contributed by atoms with van der Waals surface area (Å²) in [5.41, 5.74) is 4.14. The highest BCUT2D eigenvalue weighted by Gasteiger charge is 2.30. The number of ether oxygens (including phenoxy) is 1. The predicted molar refractivity (Wildman–Crippen MR) is 105 cm³/mol. The van der Waals surface area contributed by atoms with Crippen molar-refractivity contribution in [2.24, 2.45) is 0 Å². The van der Waals surface area contributed by atoms with Crippen LogP contribution in [0.1, 0.15) is 28.7 Å². The highest BCUT2D eigenvalue weighted by Crippen LogP contribution is 2.44. The van der Waals surface area contributed by atoms with E-state index in [1.165, 1.54) is 18.2 Å². The number of amides is 1. The standard InChI is InChI=1S/C23H18FNO4/c24-20-12-6-5-11-18(20)21(22(26)27)25-23(28)29-13-19-16-9-3-1-7-14(16)15-8-2-4-10-17(15)19/h1-12,19,21H,13H2,(H,25,28)(H,26,27)/t21-/m1/s1. The lowest BCUT2D eigenvalue weighted by Gasteiger charge is -2.18. The number of hydrogen-bond donors (Lipinski definition) is 2. The van der Waals surface area contributed by atoms with Crippen LogP contribution in [-0.2, 0) is 9.53 Å². The third-order valence-electron chi connectivity index (χ3n) is 5.07. The molecule has 0 unspecified atom stereocenters. The molecule has 1 amide bonds. The Balaban J connectivity index is 1.50. The minimum absolute atomic E-state index is 0.0451. The van der Waals surface area contributed by atoms with Crippen molar-refractivity contribution in [2.45, 2.75) is 12.0 Å². The number of nitrogens with one attached hydrogen (secondary N) is 1. The fraction of sp³-hybridized carbons (Fsp3) is 0.130. The molecule has 0 aromatic heterocycles. The Morgan fingerprint density at radius 1 is 0.931 bits per heavy atom. The van der Waals surface area contributed by atoms with E-state index in [0.717, 1.165) is 28.3 Å². The van der Waals surface area contributed by atoms with Gasteiger partial charge in [-0.2, -0.15) is 0 Å². The van der Waals surface area contributed by atoms with Gasteiger partial charge < -0.3 is 15.2 Å². The Bertz CT molecular complexity index is 1040. The lowest BCUT2D eigenvalue weighted by atomic mass is 9.98. The number of fused-ring (bicyclic) bond motifs is 3. The highest BCUT2D eigenvalue weighted by molar-refractivity contribution is 5.82. The van der Waals surface area contributed by atoms with Crippen molar-refractivity contribution in [2.75, 3.05) is 6.61 Å². The smallest absolute Gasteiger partial charge is 0.408 e. The summed E-state index contributed by atoms with van der Waals surface area (Å²) in [5.74, 6) is -2.23. The first-order valence-corrected chi connectivity index (χ1v) is 9.15. The molecule has 0 bridgehead atoms. The largest absolute Gasteiger partial charge is 0.479 e. The molecular formula is C23H18FNO4. The van der Waals surface area contributed by atoms with E-state index in [0.29, 0.717) is 0 Å². The van der Waals surface area contributed by atoms with Gasteiger partial charge in [0.2, 0.25) is 0 Å². The number of benzene rings is 3. The number of carbonyl (C=O) groups excluding carboxylic acids is 1. The second-order valence-electron chi connectivity index (χ2n) is 6.76. The molecule has 4 rings (SSSR count). The quantitative estimate of drug-likeness (QED) is 0.672. The first-order chi connectivity index (χ1) is 14.1. The van der Waals surface area contributed by atoms with E-state index in [-0.39, 0.29) is 18.1 Å². The SMILES string of the molecule is O=C(N[C@@H](C(=O)O)c1ccccc1F)OCC1c2ccccc2-c2ccccc21. The fourth-order valence-electron chi connectivity index (χ4n) is 3.74. The van der Waals surface area contributed by atoms with Crippen LogP contribution in [0.2, 0.25) is 0 Å². The van der Waals surface area contributed by atoms with Crippen molar-refractivity contribution >= 4 is 12.1 Å². The molecule has 146 valence electrons. The van der Waals surface area contributed by atoms with Gasteiger partial charge in [0.15, 0.2) is 6.04 Å². The molecule has 1 aliphatic rings. The second kappa shape index (κ2) is 7.75. The van der Waals surface area contributed by atoms with Crippen LogP contribution in [0.3, 0.4) is 0 Å². The summed E-state index contributed by atoms with van der Waals surface area (Å²) < 4.78 is 19.3. The normalized spacial score (nSPS) is 13.3. The molecule has 3 aromatic carbocycles. The number of hydrogen-bond acceptors (Lipinski definition) is 3. The van der Waals surface area contributed by atoms with Gasteiger partial charge in [-0.1, -0.05) is 66.7 Å². The molecule has 6 heteroatoms. The summed E-state index contributed by atoms with van der Waals surface area (Å²) in [5, 5.41) is 11.6. The predicted octanol–water partition coefficient (Wildman–Crippen LogP) is 4.49. The zero-order chi connectivity index (χ0) is 20.4. The van der Waals surface area contributed by atoms with E-state index in [1.54, 1.807) is 0 Å². The molecule has 0 spiro atoms. The van der Waals surface area contributed by atoms with Crippen LogP contribution in [0.15, 0.2) is 72.8 Å². The Labute approximate surface area is 166 Å². The van der Waals surface area contributed by atoms with Gasteiger partial charge in [0.25, 0.3) is 0 Å². The molecule has 0 aliphatic heterocycles. The molecule has 1 aliphatic carbocycles. The maximum atomic E-state index is 14.0. The molecule has 3 aromatic rings. The van der Waals surface area contributed by atoms with Crippen molar-refractivity contribution in [1.82, 2.24) is 5.32 Å². The van der Waals surface area contributed by atoms with Crippen LogP contribution in [-0.4, -0.2) is 23.8 Å². The van der Waals surface area contributed by atoms with Crippen LogP contribution in [0, 0.1) is 5.82 Å². The number of halogens is 1. The Kier molecular flexibility index (Phi) is 4.99. The van der Waals surface area contributed by atoms with Gasteiger partial charge in [0, 0.05) is 11.5 Å². The maximum absolute atomic E-state index is 14.0. The van der Waals surface area contributed by atoms with Crippen molar-refractivity contribution in [3.05, 3.63) is 95.3 Å². The van der Waals surface area contributed by atoms with Gasteiger partial charge >= 0.3 is 12.1 Å². The molecule has 0 radical (unpaired) electrons. The van der Waals surface area contributed by atoms with E-state index >= 15 is 0 Å². The van der Waals surface area contributed by atoms with E-state index in [4.69, 9.17) is 4.74 Å². The zero-order valence-corrected chi connectivity index (χ0v) is 15.3. The van der Waals surface area contributed by atoms with Gasteiger partial charge in [-0.3, -0.25) is 0 Å². The number of alkyl carbamates (subject to hydrolysis) is 1. The van der Waals surface area contributed by atoms with Crippen LogP contribution in [0.4, 0.5) is 9.18 Å². The topological polar surface area (TPSA) is 75.6 Å². The van der Waals surface area contributed by atoms with Gasteiger partial charge in [-0.15, -0.1) is 0 Å². The highest BCUT2D eigenvalue weighted by atomic mass is 19.1. The first kappa shape index (κ1) is 18.7.